The number of halogens is 1. The minimum Gasteiger partial charge on any atom is -0.457 e. The van der Waals surface area contributed by atoms with Gasteiger partial charge in [0, 0.05) is 25.5 Å². The molecule has 0 fully saturated rings. The van der Waals surface area contributed by atoms with E-state index in [4.69, 9.17) is 16.3 Å². The molecule has 0 saturated carbocycles. The summed E-state index contributed by atoms with van der Waals surface area (Å²) in [6.07, 6.45) is 3.52. The molecule has 1 heterocycles. The lowest BCUT2D eigenvalue weighted by Gasteiger charge is -2.19. The highest BCUT2D eigenvalue weighted by atomic mass is 35.5. The van der Waals surface area contributed by atoms with Gasteiger partial charge in [0.05, 0.1) is 16.3 Å². The lowest BCUT2D eigenvalue weighted by atomic mass is 10.2. The third-order valence-electron chi connectivity index (χ3n) is 4.57. The molecule has 158 valence electrons. The number of benzene rings is 2. The SMILES string of the molecule is CCN(CC)S(=O)(=O)c1cc(C(=O)OCc2ccc(-n3cccn3)cc2)ccc1Cl. The Labute approximate surface area is 180 Å². The summed E-state index contributed by atoms with van der Waals surface area (Å²) in [6, 6.07) is 13.3. The molecule has 0 atom stereocenters. The Morgan fingerprint density at radius 2 is 1.83 bits per heavy atom. The van der Waals surface area contributed by atoms with E-state index in [0.29, 0.717) is 13.1 Å². The molecule has 3 aromatic rings. The smallest absolute Gasteiger partial charge is 0.338 e. The van der Waals surface area contributed by atoms with Crippen molar-refractivity contribution in [2.45, 2.75) is 25.3 Å². The average Bonchev–Trinajstić information content (AvgIpc) is 3.28. The number of carbonyl (C=O) groups is 1. The third kappa shape index (κ3) is 4.72. The molecule has 3 rings (SSSR count). The van der Waals surface area contributed by atoms with E-state index in [-0.39, 0.29) is 22.1 Å². The summed E-state index contributed by atoms with van der Waals surface area (Å²) in [5.74, 6) is -0.626. The quantitative estimate of drug-likeness (QED) is 0.489. The molecular formula is C21H22ClN3O4S. The molecule has 0 N–H and O–H groups in total. The zero-order valence-electron chi connectivity index (χ0n) is 16.7. The lowest BCUT2D eigenvalue weighted by molar-refractivity contribution is 0.0472. The summed E-state index contributed by atoms with van der Waals surface area (Å²) in [5.41, 5.74) is 1.81. The van der Waals surface area contributed by atoms with Gasteiger partial charge in [0.2, 0.25) is 10.0 Å². The van der Waals surface area contributed by atoms with Crippen LogP contribution in [0.25, 0.3) is 5.69 Å². The predicted molar refractivity (Wildman–Crippen MR) is 114 cm³/mol. The van der Waals surface area contributed by atoms with Gasteiger partial charge in [0.1, 0.15) is 11.5 Å². The molecule has 0 saturated heterocycles. The zero-order chi connectivity index (χ0) is 21.7. The van der Waals surface area contributed by atoms with Crippen LogP contribution < -0.4 is 0 Å². The van der Waals surface area contributed by atoms with Gasteiger partial charge in [-0.25, -0.2) is 17.9 Å². The molecular weight excluding hydrogens is 426 g/mol. The highest BCUT2D eigenvalue weighted by Gasteiger charge is 2.25. The Hall–Kier alpha value is -2.68. The summed E-state index contributed by atoms with van der Waals surface area (Å²) >= 11 is 6.11. The number of rotatable bonds is 8. The van der Waals surface area contributed by atoms with Gasteiger partial charge >= 0.3 is 5.97 Å². The van der Waals surface area contributed by atoms with Gasteiger partial charge in [-0.3, -0.25) is 0 Å². The van der Waals surface area contributed by atoms with Crippen LogP contribution in [-0.4, -0.2) is 41.6 Å². The fraction of sp³-hybridized carbons (Fsp3) is 0.238. The fourth-order valence-electron chi connectivity index (χ4n) is 2.93. The topological polar surface area (TPSA) is 81.5 Å². The molecule has 2 aromatic carbocycles. The highest BCUT2D eigenvalue weighted by molar-refractivity contribution is 7.89. The van der Waals surface area contributed by atoms with Gasteiger partial charge in [0.25, 0.3) is 0 Å². The van der Waals surface area contributed by atoms with Crippen molar-refractivity contribution in [2.24, 2.45) is 0 Å². The first-order valence-electron chi connectivity index (χ1n) is 9.42. The van der Waals surface area contributed by atoms with Crippen LogP contribution in [0.4, 0.5) is 0 Å². The summed E-state index contributed by atoms with van der Waals surface area (Å²) in [4.78, 5) is 12.4. The van der Waals surface area contributed by atoms with Crippen molar-refractivity contribution in [3.8, 4) is 5.69 Å². The second-order valence-corrected chi connectivity index (χ2v) is 8.74. The van der Waals surface area contributed by atoms with Gasteiger partial charge in [-0.15, -0.1) is 0 Å². The summed E-state index contributed by atoms with van der Waals surface area (Å²) < 4.78 is 33.9. The predicted octanol–water partition coefficient (Wildman–Crippen LogP) is 3.91. The van der Waals surface area contributed by atoms with Crippen LogP contribution in [0.3, 0.4) is 0 Å². The van der Waals surface area contributed by atoms with Gasteiger partial charge < -0.3 is 4.74 Å². The molecule has 0 aliphatic carbocycles. The van der Waals surface area contributed by atoms with Gasteiger partial charge in [-0.2, -0.15) is 9.40 Å². The van der Waals surface area contributed by atoms with Crippen LogP contribution in [0.1, 0.15) is 29.8 Å². The van der Waals surface area contributed by atoms with Crippen LogP contribution >= 0.6 is 11.6 Å². The Morgan fingerprint density at radius 1 is 1.13 bits per heavy atom. The number of ether oxygens (including phenoxy) is 1. The highest BCUT2D eigenvalue weighted by Crippen LogP contribution is 2.26. The zero-order valence-corrected chi connectivity index (χ0v) is 18.2. The molecule has 0 amide bonds. The maximum Gasteiger partial charge on any atom is 0.338 e. The molecule has 0 aliphatic heterocycles. The van der Waals surface area contributed by atoms with Gasteiger partial charge in [0.15, 0.2) is 0 Å². The molecule has 0 unspecified atom stereocenters. The second kappa shape index (κ2) is 9.42. The molecule has 0 spiro atoms. The number of sulfonamides is 1. The molecule has 30 heavy (non-hydrogen) atoms. The number of carbonyl (C=O) groups excluding carboxylic acids is 1. The van der Waals surface area contributed by atoms with E-state index >= 15 is 0 Å². The standard InChI is InChI=1S/C21H22ClN3O4S/c1-3-24(4-2)30(27,28)20-14-17(8-11-19(20)22)21(26)29-15-16-6-9-18(10-7-16)25-13-5-12-23-25/h5-14H,3-4,15H2,1-2H3. The lowest BCUT2D eigenvalue weighted by Crippen LogP contribution is -2.31. The van der Waals surface area contributed by atoms with E-state index in [2.05, 4.69) is 5.10 Å². The monoisotopic (exact) mass is 447 g/mol. The summed E-state index contributed by atoms with van der Waals surface area (Å²) in [6.45, 7) is 4.14. The Morgan fingerprint density at radius 3 is 2.43 bits per heavy atom. The first-order valence-corrected chi connectivity index (χ1v) is 11.2. The van der Waals surface area contributed by atoms with E-state index in [1.807, 2.05) is 36.5 Å². The van der Waals surface area contributed by atoms with Crippen LogP contribution in [-0.2, 0) is 21.4 Å². The van der Waals surface area contributed by atoms with Crippen LogP contribution in [0.5, 0.6) is 0 Å². The second-order valence-electron chi connectivity index (χ2n) is 6.43. The first kappa shape index (κ1) is 22.0. The van der Waals surface area contributed by atoms with E-state index in [1.54, 1.807) is 24.7 Å². The van der Waals surface area contributed by atoms with Crippen molar-refractivity contribution in [3.63, 3.8) is 0 Å². The number of hydrogen-bond donors (Lipinski definition) is 0. The van der Waals surface area contributed by atoms with Gasteiger partial charge in [-0.1, -0.05) is 37.6 Å². The maximum absolute atomic E-state index is 12.8. The minimum atomic E-state index is -3.80. The minimum absolute atomic E-state index is 0.0545. The fourth-order valence-corrected chi connectivity index (χ4v) is 4.89. The van der Waals surface area contributed by atoms with E-state index in [1.165, 1.54) is 22.5 Å². The largest absolute Gasteiger partial charge is 0.457 e. The summed E-state index contributed by atoms with van der Waals surface area (Å²) in [5, 5.41) is 4.22. The maximum atomic E-state index is 12.8. The first-order chi connectivity index (χ1) is 14.4. The van der Waals surface area contributed by atoms with Crippen LogP contribution in [0.15, 0.2) is 65.8 Å². The van der Waals surface area contributed by atoms with Crippen LogP contribution in [0, 0.1) is 0 Å². The Balaban J connectivity index is 1.73. The molecule has 1 aromatic heterocycles. The number of nitrogens with zero attached hydrogens (tertiary/aromatic N) is 3. The summed E-state index contributed by atoms with van der Waals surface area (Å²) in [7, 11) is -3.80. The number of hydrogen-bond acceptors (Lipinski definition) is 5. The number of esters is 1. The van der Waals surface area contributed by atoms with Crippen LogP contribution in [0.2, 0.25) is 5.02 Å². The van der Waals surface area contributed by atoms with Crippen molar-refractivity contribution < 1.29 is 17.9 Å². The molecule has 7 nitrogen and oxygen atoms in total. The molecule has 0 radical (unpaired) electrons. The van der Waals surface area contributed by atoms with Crippen molar-refractivity contribution in [2.75, 3.05) is 13.1 Å². The Bertz CT molecular complexity index is 1110. The molecule has 0 bridgehead atoms. The van der Waals surface area contributed by atoms with E-state index < -0.39 is 16.0 Å². The van der Waals surface area contributed by atoms with Crippen molar-refractivity contribution in [1.82, 2.24) is 14.1 Å². The molecule has 9 heteroatoms. The average molecular weight is 448 g/mol. The normalized spacial score (nSPS) is 11.6. The van der Waals surface area contributed by atoms with Crippen molar-refractivity contribution >= 4 is 27.6 Å². The van der Waals surface area contributed by atoms with Crippen molar-refractivity contribution in [1.29, 1.82) is 0 Å². The van der Waals surface area contributed by atoms with E-state index in [0.717, 1.165) is 11.3 Å². The molecule has 0 aliphatic rings. The third-order valence-corrected chi connectivity index (χ3v) is 7.10. The number of aromatic nitrogens is 2. The van der Waals surface area contributed by atoms with Gasteiger partial charge in [-0.05, 0) is 42.0 Å². The Kier molecular flexibility index (Phi) is 6.91. The van der Waals surface area contributed by atoms with Crippen molar-refractivity contribution in [3.05, 3.63) is 77.1 Å². The van der Waals surface area contributed by atoms with E-state index in [9.17, 15) is 13.2 Å².